The second-order valence-corrected chi connectivity index (χ2v) is 4.85. The molecule has 0 heterocycles. The summed E-state index contributed by atoms with van der Waals surface area (Å²) in [6.45, 7) is 0. The van der Waals surface area contributed by atoms with Gasteiger partial charge in [0.1, 0.15) is 5.56 Å². The quantitative estimate of drug-likeness (QED) is 0.429. The van der Waals surface area contributed by atoms with Crippen LogP contribution >= 0.6 is 12.2 Å². The molecule has 0 bridgehead atoms. The van der Waals surface area contributed by atoms with Crippen LogP contribution in [0.25, 0.3) is 0 Å². The zero-order valence-corrected chi connectivity index (χ0v) is 11.6. The predicted octanol–water partition coefficient (Wildman–Crippen LogP) is 0.640. The topological polar surface area (TPSA) is 113 Å². The minimum atomic E-state index is -0.717. The third kappa shape index (κ3) is 3.96. The van der Waals surface area contributed by atoms with Crippen LogP contribution in [0.15, 0.2) is 24.3 Å². The molecule has 2 amide bonds. The van der Waals surface area contributed by atoms with Crippen molar-refractivity contribution in [2.75, 3.05) is 0 Å². The van der Waals surface area contributed by atoms with Gasteiger partial charge < -0.3 is 5.32 Å². The summed E-state index contributed by atoms with van der Waals surface area (Å²) in [7, 11) is 0. The van der Waals surface area contributed by atoms with Crippen LogP contribution in [0.4, 0.5) is 5.69 Å². The van der Waals surface area contributed by atoms with E-state index in [0.29, 0.717) is 0 Å². The summed E-state index contributed by atoms with van der Waals surface area (Å²) in [4.78, 5) is 33.5. The molecule has 21 heavy (non-hydrogen) atoms. The molecule has 0 spiro atoms. The third-order valence-corrected chi connectivity index (χ3v) is 3.02. The van der Waals surface area contributed by atoms with Crippen molar-refractivity contribution >= 4 is 34.8 Å². The van der Waals surface area contributed by atoms with Gasteiger partial charge in [-0.3, -0.25) is 30.6 Å². The maximum Gasteiger partial charge on any atom is 0.282 e. The standard InChI is InChI=1S/C12H12N4O4S/c17-10(7-5-6-7)13-12(21)15-14-11(18)8-3-1-2-4-9(8)16(19)20/h1-4,7H,5-6H2,(H,14,18)(H2,13,15,17,21). The maximum atomic E-state index is 11.9. The minimum Gasteiger partial charge on any atom is -0.302 e. The first-order valence-corrected chi connectivity index (χ1v) is 6.54. The van der Waals surface area contributed by atoms with Crippen molar-refractivity contribution < 1.29 is 14.5 Å². The highest BCUT2D eigenvalue weighted by Gasteiger charge is 2.30. The third-order valence-electron chi connectivity index (χ3n) is 2.82. The molecule has 2 rings (SSSR count). The number of thiocarbonyl (C=S) groups is 1. The molecule has 1 fully saturated rings. The van der Waals surface area contributed by atoms with Gasteiger partial charge in [-0.2, -0.15) is 0 Å². The number of hydrazine groups is 1. The molecule has 0 radical (unpaired) electrons. The smallest absolute Gasteiger partial charge is 0.282 e. The Hall–Kier alpha value is -2.55. The van der Waals surface area contributed by atoms with E-state index in [1.807, 2.05) is 0 Å². The lowest BCUT2D eigenvalue weighted by atomic mass is 10.2. The Morgan fingerprint density at radius 2 is 1.90 bits per heavy atom. The Bertz CT molecular complexity index is 615. The van der Waals surface area contributed by atoms with Crippen molar-refractivity contribution in [1.82, 2.24) is 16.2 Å². The first-order chi connectivity index (χ1) is 9.99. The van der Waals surface area contributed by atoms with Crippen LogP contribution in [0.5, 0.6) is 0 Å². The lowest BCUT2D eigenvalue weighted by molar-refractivity contribution is -0.385. The number of carbonyl (C=O) groups is 2. The SMILES string of the molecule is O=C(NNC(=S)NC(=O)C1CC1)c1ccccc1[N+](=O)[O-]. The molecule has 1 aromatic carbocycles. The van der Waals surface area contributed by atoms with Crippen LogP contribution in [0.1, 0.15) is 23.2 Å². The van der Waals surface area contributed by atoms with Gasteiger partial charge in [-0.15, -0.1) is 0 Å². The molecule has 8 nitrogen and oxygen atoms in total. The zero-order chi connectivity index (χ0) is 15.4. The molecule has 1 aromatic rings. The van der Waals surface area contributed by atoms with Gasteiger partial charge >= 0.3 is 0 Å². The average molecular weight is 308 g/mol. The van der Waals surface area contributed by atoms with Gasteiger partial charge in [-0.05, 0) is 31.1 Å². The van der Waals surface area contributed by atoms with Crippen LogP contribution in [0.2, 0.25) is 0 Å². The number of benzene rings is 1. The number of nitrogens with zero attached hydrogens (tertiary/aromatic N) is 1. The minimum absolute atomic E-state index is 0.0179. The number of para-hydroxylation sites is 1. The summed E-state index contributed by atoms with van der Waals surface area (Å²) in [5, 5.41) is 13.2. The number of hydrogen-bond acceptors (Lipinski definition) is 5. The summed E-state index contributed by atoms with van der Waals surface area (Å²) in [6.07, 6.45) is 1.66. The van der Waals surface area contributed by atoms with E-state index in [1.54, 1.807) is 0 Å². The van der Waals surface area contributed by atoms with E-state index in [4.69, 9.17) is 12.2 Å². The number of rotatable bonds is 3. The molecule has 1 aliphatic rings. The predicted molar refractivity (Wildman–Crippen MR) is 77.2 cm³/mol. The van der Waals surface area contributed by atoms with E-state index in [1.165, 1.54) is 24.3 Å². The fraction of sp³-hybridized carbons (Fsp3) is 0.250. The highest BCUT2D eigenvalue weighted by Crippen LogP contribution is 2.28. The molecular formula is C12H12N4O4S. The van der Waals surface area contributed by atoms with Gasteiger partial charge in [0.25, 0.3) is 11.6 Å². The molecule has 110 valence electrons. The molecule has 0 atom stereocenters. The van der Waals surface area contributed by atoms with Gasteiger partial charge in [-0.25, -0.2) is 0 Å². The largest absolute Gasteiger partial charge is 0.302 e. The summed E-state index contributed by atoms with van der Waals surface area (Å²) >= 11 is 4.84. The molecular weight excluding hydrogens is 296 g/mol. The van der Waals surface area contributed by atoms with Crippen LogP contribution in [0.3, 0.4) is 0 Å². The lowest BCUT2D eigenvalue weighted by Gasteiger charge is -2.10. The van der Waals surface area contributed by atoms with Crippen LogP contribution < -0.4 is 16.2 Å². The van der Waals surface area contributed by atoms with Crippen molar-refractivity contribution in [3.63, 3.8) is 0 Å². The van der Waals surface area contributed by atoms with Crippen molar-refractivity contribution in [3.8, 4) is 0 Å². The number of hydrogen-bond donors (Lipinski definition) is 3. The fourth-order valence-corrected chi connectivity index (χ4v) is 1.75. The number of nitrogens with one attached hydrogen (secondary N) is 3. The molecule has 0 aliphatic heterocycles. The zero-order valence-electron chi connectivity index (χ0n) is 10.8. The number of nitro groups is 1. The number of amides is 2. The summed E-state index contributed by atoms with van der Waals surface area (Å²) in [5.41, 5.74) is 4.13. The Morgan fingerprint density at radius 3 is 2.52 bits per heavy atom. The van der Waals surface area contributed by atoms with Crippen LogP contribution in [-0.4, -0.2) is 21.9 Å². The van der Waals surface area contributed by atoms with E-state index in [9.17, 15) is 19.7 Å². The average Bonchev–Trinajstić information content (AvgIpc) is 3.29. The molecule has 3 N–H and O–H groups in total. The van der Waals surface area contributed by atoms with Crippen molar-refractivity contribution in [2.45, 2.75) is 12.8 Å². The highest BCUT2D eigenvalue weighted by molar-refractivity contribution is 7.80. The monoisotopic (exact) mass is 308 g/mol. The van der Waals surface area contributed by atoms with Gasteiger partial charge in [0, 0.05) is 12.0 Å². The number of nitro benzene ring substituents is 1. The van der Waals surface area contributed by atoms with E-state index < -0.39 is 10.8 Å². The van der Waals surface area contributed by atoms with Gasteiger partial charge in [0.05, 0.1) is 4.92 Å². The first kappa shape index (κ1) is 14.9. The van der Waals surface area contributed by atoms with Crippen molar-refractivity contribution in [1.29, 1.82) is 0 Å². The Labute approximate surface area is 125 Å². The van der Waals surface area contributed by atoms with Gasteiger partial charge in [0.15, 0.2) is 5.11 Å². The first-order valence-electron chi connectivity index (χ1n) is 6.13. The highest BCUT2D eigenvalue weighted by atomic mass is 32.1. The fourth-order valence-electron chi connectivity index (χ4n) is 1.60. The molecule has 0 saturated heterocycles. The second kappa shape index (κ2) is 6.27. The molecule has 1 aliphatic carbocycles. The summed E-state index contributed by atoms with van der Waals surface area (Å²) < 4.78 is 0. The maximum absolute atomic E-state index is 11.9. The van der Waals surface area contributed by atoms with E-state index in [-0.39, 0.29) is 28.2 Å². The lowest BCUT2D eigenvalue weighted by Crippen LogP contribution is -2.48. The molecule has 1 saturated carbocycles. The van der Waals surface area contributed by atoms with Gasteiger partial charge in [-0.1, -0.05) is 12.1 Å². The van der Waals surface area contributed by atoms with E-state index in [0.717, 1.165) is 12.8 Å². The summed E-state index contributed by atoms with van der Waals surface area (Å²) in [6, 6.07) is 5.51. The Morgan fingerprint density at radius 1 is 1.24 bits per heavy atom. The molecule has 0 aromatic heterocycles. The van der Waals surface area contributed by atoms with Crippen molar-refractivity contribution in [2.24, 2.45) is 5.92 Å². The van der Waals surface area contributed by atoms with E-state index >= 15 is 0 Å². The Balaban J connectivity index is 1.91. The van der Waals surface area contributed by atoms with Gasteiger partial charge in [0.2, 0.25) is 5.91 Å². The molecule has 0 unspecified atom stereocenters. The second-order valence-electron chi connectivity index (χ2n) is 4.45. The normalized spacial score (nSPS) is 13.1. The number of carbonyl (C=O) groups excluding carboxylic acids is 2. The van der Waals surface area contributed by atoms with E-state index in [2.05, 4.69) is 16.2 Å². The summed E-state index contributed by atoms with van der Waals surface area (Å²) in [5.74, 6) is -0.937. The molecule has 9 heteroatoms. The van der Waals surface area contributed by atoms with Crippen molar-refractivity contribution in [3.05, 3.63) is 39.9 Å². The van der Waals surface area contributed by atoms with Crippen LogP contribution in [-0.2, 0) is 4.79 Å². The Kier molecular flexibility index (Phi) is 4.43. The van der Waals surface area contributed by atoms with Crippen LogP contribution in [0, 0.1) is 16.0 Å².